The third-order valence-corrected chi connectivity index (χ3v) is 2.65. The fourth-order valence-electron chi connectivity index (χ4n) is 0.540. The number of hydrogen-bond acceptors (Lipinski definition) is 1. The zero-order valence-electron chi connectivity index (χ0n) is 6.78. The van der Waals surface area contributed by atoms with Crippen LogP contribution in [0, 0.1) is 0 Å². The van der Waals surface area contributed by atoms with Crippen molar-refractivity contribution in [1.29, 1.82) is 0 Å². The van der Waals surface area contributed by atoms with Crippen molar-refractivity contribution in [2.45, 2.75) is 33.2 Å². The van der Waals surface area contributed by atoms with E-state index in [0.717, 1.165) is 12.6 Å². The predicted molar refractivity (Wildman–Crippen MR) is 47.3 cm³/mol. The first-order valence-electron chi connectivity index (χ1n) is 3.81. The monoisotopic (exact) mass is 143 g/mol. The molecule has 0 atom stereocenters. The van der Waals surface area contributed by atoms with Crippen LogP contribution >= 0.6 is 0 Å². The van der Waals surface area contributed by atoms with Gasteiger partial charge in [0.25, 0.3) is 0 Å². The summed E-state index contributed by atoms with van der Waals surface area (Å²) in [5.74, 6) is 0. The van der Waals surface area contributed by atoms with Crippen molar-refractivity contribution in [2.24, 2.45) is 4.99 Å². The van der Waals surface area contributed by atoms with E-state index < -0.39 is 0 Å². The summed E-state index contributed by atoms with van der Waals surface area (Å²) < 4.78 is 0. The lowest BCUT2D eigenvalue weighted by Crippen LogP contribution is -1.96. The second-order valence-electron chi connectivity index (χ2n) is 2.32. The Hall–Kier alpha value is -0.113. The summed E-state index contributed by atoms with van der Waals surface area (Å²) in [4.78, 5) is 4.41. The van der Waals surface area contributed by atoms with Crippen LogP contribution in [0.15, 0.2) is 4.99 Å². The van der Waals surface area contributed by atoms with Crippen molar-refractivity contribution in [3.05, 3.63) is 0 Å². The largest absolute Gasteiger partial charge is 0.298 e. The van der Waals surface area contributed by atoms with Gasteiger partial charge in [0.15, 0.2) is 0 Å². The molecule has 0 aromatic heterocycles. The van der Waals surface area contributed by atoms with Crippen molar-refractivity contribution in [3.63, 3.8) is 0 Å². The summed E-state index contributed by atoms with van der Waals surface area (Å²) in [5.41, 5.74) is 1.32. The van der Waals surface area contributed by atoms with E-state index in [1.807, 2.05) is 0 Å². The Labute approximate surface area is 60.4 Å². The maximum Gasteiger partial charge on any atom is 0.0459 e. The van der Waals surface area contributed by atoms with Gasteiger partial charge in [-0.05, 0) is 13.3 Å². The van der Waals surface area contributed by atoms with Crippen LogP contribution in [0.25, 0.3) is 0 Å². The highest BCUT2D eigenvalue weighted by molar-refractivity contribution is 6.35. The Bertz CT molecular complexity index is 88.9. The summed E-state index contributed by atoms with van der Waals surface area (Å²) in [7, 11) is 0.182. The molecule has 0 fully saturated rings. The standard InChI is InChI=1S/C7H17NSi/c1-4-7(3)8-6-9-5-2/h4-6,9H2,1-3H3. The van der Waals surface area contributed by atoms with Gasteiger partial charge in [-0.15, -0.1) is 0 Å². The molecule has 0 unspecified atom stereocenters. The van der Waals surface area contributed by atoms with E-state index >= 15 is 0 Å². The lowest BCUT2D eigenvalue weighted by atomic mass is 10.3. The molecule has 0 amide bonds. The maximum absolute atomic E-state index is 4.41. The van der Waals surface area contributed by atoms with E-state index in [1.165, 1.54) is 11.8 Å². The molecule has 0 radical (unpaired) electrons. The third-order valence-electron chi connectivity index (χ3n) is 1.41. The van der Waals surface area contributed by atoms with E-state index in [9.17, 15) is 0 Å². The summed E-state index contributed by atoms with van der Waals surface area (Å²) in [6, 6.07) is 1.39. The molecule has 0 rings (SSSR count). The smallest absolute Gasteiger partial charge is 0.0459 e. The highest BCUT2D eigenvalue weighted by Crippen LogP contribution is 1.84. The van der Waals surface area contributed by atoms with Gasteiger partial charge in [-0.1, -0.05) is 19.9 Å². The van der Waals surface area contributed by atoms with Gasteiger partial charge in [0.05, 0.1) is 0 Å². The van der Waals surface area contributed by atoms with Crippen molar-refractivity contribution in [3.8, 4) is 0 Å². The zero-order chi connectivity index (χ0) is 7.11. The topological polar surface area (TPSA) is 12.4 Å². The normalized spacial score (nSPS) is 13.4. The number of rotatable bonds is 4. The summed E-state index contributed by atoms with van der Waals surface area (Å²) in [6.07, 6.45) is 2.29. The van der Waals surface area contributed by atoms with Gasteiger partial charge in [-0.25, -0.2) is 0 Å². The molecule has 1 nitrogen and oxygen atoms in total. The Balaban J connectivity index is 3.21. The molecule has 0 aromatic carbocycles. The quantitative estimate of drug-likeness (QED) is 0.321. The minimum Gasteiger partial charge on any atom is -0.298 e. The molecular weight excluding hydrogens is 126 g/mol. The predicted octanol–water partition coefficient (Wildman–Crippen LogP) is 1.42. The highest BCUT2D eigenvalue weighted by atomic mass is 28.2. The number of aliphatic imine (C=N–C) groups is 1. The lowest BCUT2D eigenvalue weighted by Gasteiger charge is -1.92. The van der Waals surface area contributed by atoms with E-state index in [2.05, 4.69) is 25.8 Å². The molecule has 0 heterocycles. The SMILES string of the molecule is CC[SiH2]CN=C(C)CC. The second-order valence-corrected chi connectivity index (χ2v) is 4.48. The van der Waals surface area contributed by atoms with Gasteiger partial charge in [0.1, 0.15) is 0 Å². The fourth-order valence-corrected chi connectivity index (χ4v) is 1.40. The Kier molecular flexibility index (Phi) is 5.94. The molecule has 0 aliphatic carbocycles. The first-order chi connectivity index (χ1) is 4.31. The van der Waals surface area contributed by atoms with Gasteiger partial charge >= 0.3 is 0 Å². The minimum atomic E-state index is 0.182. The van der Waals surface area contributed by atoms with E-state index in [1.54, 1.807) is 0 Å². The van der Waals surface area contributed by atoms with Crippen LogP contribution in [-0.4, -0.2) is 21.4 Å². The van der Waals surface area contributed by atoms with Crippen LogP contribution in [0.5, 0.6) is 0 Å². The van der Waals surface area contributed by atoms with Crippen LogP contribution < -0.4 is 0 Å². The Morgan fingerprint density at radius 3 is 2.56 bits per heavy atom. The molecule has 0 aliphatic heterocycles. The molecule has 0 aromatic rings. The lowest BCUT2D eigenvalue weighted by molar-refractivity contribution is 1.20. The summed E-state index contributed by atoms with van der Waals surface area (Å²) in [5, 5.41) is 0. The van der Waals surface area contributed by atoms with Gasteiger partial charge in [0, 0.05) is 21.4 Å². The molecule has 0 N–H and O–H groups in total. The van der Waals surface area contributed by atoms with Gasteiger partial charge in [-0.2, -0.15) is 0 Å². The fraction of sp³-hybridized carbons (Fsp3) is 0.857. The molecule has 0 aliphatic rings. The molecular formula is C7H17NSi. The van der Waals surface area contributed by atoms with Crippen molar-refractivity contribution in [2.75, 3.05) is 6.17 Å². The van der Waals surface area contributed by atoms with Crippen molar-refractivity contribution < 1.29 is 0 Å². The Morgan fingerprint density at radius 2 is 2.11 bits per heavy atom. The number of nitrogens with zero attached hydrogens (tertiary/aromatic N) is 1. The van der Waals surface area contributed by atoms with Crippen LogP contribution in [0.2, 0.25) is 6.04 Å². The molecule has 54 valence electrons. The molecule has 0 saturated heterocycles. The summed E-state index contributed by atoms with van der Waals surface area (Å²) >= 11 is 0. The van der Waals surface area contributed by atoms with Crippen molar-refractivity contribution in [1.82, 2.24) is 0 Å². The van der Waals surface area contributed by atoms with Gasteiger partial charge < -0.3 is 0 Å². The van der Waals surface area contributed by atoms with Crippen LogP contribution in [0.1, 0.15) is 27.2 Å². The minimum absolute atomic E-state index is 0.182. The van der Waals surface area contributed by atoms with Crippen LogP contribution in [-0.2, 0) is 0 Å². The number of hydrogen-bond donors (Lipinski definition) is 0. The zero-order valence-corrected chi connectivity index (χ0v) is 8.19. The average Bonchev–Trinajstić information content (AvgIpc) is 1.89. The molecule has 9 heavy (non-hydrogen) atoms. The molecule has 0 spiro atoms. The van der Waals surface area contributed by atoms with E-state index in [-0.39, 0.29) is 9.52 Å². The second kappa shape index (κ2) is 6.01. The first kappa shape index (κ1) is 8.89. The molecule has 0 bridgehead atoms. The van der Waals surface area contributed by atoms with E-state index in [4.69, 9.17) is 0 Å². The van der Waals surface area contributed by atoms with E-state index in [0.29, 0.717) is 0 Å². The maximum atomic E-state index is 4.41. The Morgan fingerprint density at radius 1 is 1.44 bits per heavy atom. The highest BCUT2D eigenvalue weighted by Gasteiger charge is 1.83. The van der Waals surface area contributed by atoms with Crippen LogP contribution in [0.4, 0.5) is 0 Å². The van der Waals surface area contributed by atoms with Crippen molar-refractivity contribution >= 4 is 15.2 Å². The summed E-state index contributed by atoms with van der Waals surface area (Å²) in [6.45, 7) is 6.53. The van der Waals surface area contributed by atoms with Crippen LogP contribution in [0.3, 0.4) is 0 Å². The molecule has 2 heteroatoms. The third kappa shape index (κ3) is 5.76. The van der Waals surface area contributed by atoms with Gasteiger partial charge in [0.2, 0.25) is 0 Å². The van der Waals surface area contributed by atoms with Gasteiger partial charge in [-0.3, -0.25) is 4.99 Å². The average molecular weight is 143 g/mol. The first-order valence-corrected chi connectivity index (χ1v) is 5.81. The molecule has 0 saturated carbocycles.